The number of amides is 1. The van der Waals surface area contributed by atoms with Gasteiger partial charge < -0.3 is 4.90 Å². The number of thiazole rings is 1. The predicted molar refractivity (Wildman–Crippen MR) is 126 cm³/mol. The summed E-state index contributed by atoms with van der Waals surface area (Å²) < 4.78 is 14.3. The van der Waals surface area contributed by atoms with Gasteiger partial charge in [0, 0.05) is 48.2 Å². The highest BCUT2D eigenvalue weighted by Gasteiger charge is 2.24. The van der Waals surface area contributed by atoms with Crippen molar-refractivity contribution in [2.75, 3.05) is 31.6 Å². The lowest BCUT2D eigenvalue weighted by atomic mass is 9.97. The first-order chi connectivity index (χ1) is 16.1. The van der Waals surface area contributed by atoms with Crippen molar-refractivity contribution in [3.8, 4) is 11.1 Å². The quantitative estimate of drug-likeness (QED) is 0.465. The highest BCUT2D eigenvalue weighted by atomic mass is 32.1. The average molecular weight is 466 g/mol. The Labute approximate surface area is 194 Å². The van der Waals surface area contributed by atoms with Gasteiger partial charge in [0.1, 0.15) is 12.4 Å². The fraction of sp³-hybridized carbons (Fsp3) is 0.348. The van der Waals surface area contributed by atoms with Crippen LogP contribution in [0.25, 0.3) is 22.0 Å². The van der Waals surface area contributed by atoms with Crippen molar-refractivity contribution in [2.24, 2.45) is 7.05 Å². The second-order valence-electron chi connectivity index (χ2n) is 8.20. The number of piperidine rings is 1. The summed E-state index contributed by atoms with van der Waals surface area (Å²) in [5.41, 5.74) is 3.09. The van der Waals surface area contributed by atoms with E-state index in [1.165, 1.54) is 11.3 Å². The monoisotopic (exact) mass is 465 g/mol. The van der Waals surface area contributed by atoms with Crippen LogP contribution >= 0.6 is 11.3 Å². The molecule has 0 spiro atoms. The van der Waals surface area contributed by atoms with E-state index in [2.05, 4.69) is 30.3 Å². The third-order valence-corrected chi connectivity index (χ3v) is 6.95. The molecule has 33 heavy (non-hydrogen) atoms. The number of carbonyl (C=O) groups excluding carboxylic acids is 1. The molecule has 0 bridgehead atoms. The summed E-state index contributed by atoms with van der Waals surface area (Å²) in [7, 11) is 1.87. The van der Waals surface area contributed by atoms with Gasteiger partial charge in [0.15, 0.2) is 0 Å². The van der Waals surface area contributed by atoms with E-state index in [1.807, 2.05) is 31.4 Å². The molecule has 0 atom stereocenters. The molecule has 1 amide bonds. The SMILES string of the molecule is Cn1cc(-c2ccc3cnc(NC(=O)c4csc(C5CCN(CCF)CC5)n4)nc3c2)cn1. The van der Waals surface area contributed by atoms with Crippen molar-refractivity contribution in [3.63, 3.8) is 0 Å². The fourth-order valence-corrected chi connectivity index (χ4v) is 5.07. The van der Waals surface area contributed by atoms with Gasteiger partial charge in [-0.05, 0) is 37.6 Å². The van der Waals surface area contributed by atoms with E-state index in [4.69, 9.17) is 0 Å². The molecule has 1 aromatic carbocycles. The van der Waals surface area contributed by atoms with Gasteiger partial charge in [-0.1, -0.05) is 12.1 Å². The normalized spacial score (nSPS) is 15.2. The molecular weight excluding hydrogens is 441 g/mol. The van der Waals surface area contributed by atoms with E-state index >= 15 is 0 Å². The van der Waals surface area contributed by atoms with Crippen LogP contribution in [0.5, 0.6) is 0 Å². The maximum absolute atomic E-state index is 12.8. The molecule has 1 aliphatic rings. The molecule has 0 aliphatic carbocycles. The number of nitrogens with zero attached hydrogens (tertiary/aromatic N) is 6. The van der Waals surface area contributed by atoms with Gasteiger partial charge in [0.25, 0.3) is 5.91 Å². The number of likely N-dealkylation sites (tertiary alicyclic amines) is 1. The molecule has 170 valence electrons. The maximum atomic E-state index is 12.8. The molecule has 0 saturated carbocycles. The van der Waals surface area contributed by atoms with Crippen LogP contribution in [0.15, 0.2) is 42.2 Å². The Balaban J connectivity index is 1.28. The van der Waals surface area contributed by atoms with E-state index in [9.17, 15) is 9.18 Å². The number of aromatic nitrogens is 5. The highest BCUT2D eigenvalue weighted by Crippen LogP contribution is 2.30. The van der Waals surface area contributed by atoms with E-state index in [-0.39, 0.29) is 18.5 Å². The second kappa shape index (κ2) is 9.32. The van der Waals surface area contributed by atoms with Gasteiger partial charge in [0.05, 0.1) is 16.7 Å². The molecule has 4 heterocycles. The summed E-state index contributed by atoms with van der Waals surface area (Å²) in [5.74, 6) is 0.232. The van der Waals surface area contributed by atoms with Gasteiger partial charge in [-0.15, -0.1) is 11.3 Å². The Bertz CT molecular complexity index is 1280. The number of fused-ring (bicyclic) bond motifs is 1. The van der Waals surface area contributed by atoms with Crippen LogP contribution in [0.1, 0.15) is 34.3 Å². The molecule has 10 heteroatoms. The van der Waals surface area contributed by atoms with Crippen molar-refractivity contribution >= 4 is 34.1 Å². The van der Waals surface area contributed by atoms with E-state index in [0.29, 0.717) is 18.2 Å². The Morgan fingerprint density at radius 1 is 1.21 bits per heavy atom. The first kappa shape index (κ1) is 21.6. The summed E-state index contributed by atoms with van der Waals surface area (Å²) in [5, 5.41) is 10.6. The standard InChI is InChI=1S/C23H24FN7OS/c1-30-13-18(12-26-30)16-2-3-17-11-25-23(28-19(17)10-16)29-21(32)20-14-33-22(27-20)15-4-7-31(8-5-15)9-6-24/h2-3,10-15H,4-9H2,1H3,(H,25,28,29,32). The highest BCUT2D eigenvalue weighted by molar-refractivity contribution is 7.10. The summed E-state index contributed by atoms with van der Waals surface area (Å²) in [6.45, 7) is 1.91. The zero-order valence-corrected chi connectivity index (χ0v) is 19.1. The number of hydrogen-bond acceptors (Lipinski definition) is 7. The third kappa shape index (κ3) is 4.76. The minimum Gasteiger partial charge on any atom is -0.301 e. The van der Waals surface area contributed by atoms with Crippen molar-refractivity contribution in [1.82, 2.24) is 29.6 Å². The number of aryl methyl sites for hydroxylation is 1. The molecule has 5 rings (SSSR count). The lowest BCUT2D eigenvalue weighted by Crippen LogP contribution is -2.34. The van der Waals surface area contributed by atoms with Crippen LogP contribution in [0, 0.1) is 0 Å². The third-order valence-electron chi connectivity index (χ3n) is 5.94. The van der Waals surface area contributed by atoms with Crippen LogP contribution in [0.3, 0.4) is 0 Å². The Morgan fingerprint density at radius 3 is 2.82 bits per heavy atom. The molecule has 0 radical (unpaired) electrons. The van der Waals surface area contributed by atoms with E-state index in [1.54, 1.807) is 22.5 Å². The molecule has 1 aliphatic heterocycles. The van der Waals surface area contributed by atoms with Gasteiger partial charge in [-0.2, -0.15) is 5.10 Å². The minimum atomic E-state index is -0.324. The zero-order chi connectivity index (χ0) is 22.8. The zero-order valence-electron chi connectivity index (χ0n) is 18.2. The van der Waals surface area contributed by atoms with Crippen LogP contribution in [-0.4, -0.2) is 61.8 Å². The minimum absolute atomic E-state index is 0.241. The summed E-state index contributed by atoms with van der Waals surface area (Å²) >= 11 is 1.50. The lowest BCUT2D eigenvalue weighted by molar-refractivity contribution is 0.102. The molecule has 3 aromatic heterocycles. The molecule has 1 fully saturated rings. The summed E-state index contributed by atoms with van der Waals surface area (Å²) in [6, 6.07) is 5.91. The molecule has 1 saturated heterocycles. The van der Waals surface area contributed by atoms with E-state index in [0.717, 1.165) is 53.0 Å². The summed E-state index contributed by atoms with van der Waals surface area (Å²) in [4.78, 5) is 28.3. The fourth-order valence-electron chi connectivity index (χ4n) is 4.10. The van der Waals surface area contributed by atoms with Crippen LogP contribution < -0.4 is 5.32 Å². The predicted octanol–water partition coefficient (Wildman–Crippen LogP) is 3.89. The van der Waals surface area contributed by atoms with Crippen LogP contribution in [0.2, 0.25) is 0 Å². The van der Waals surface area contributed by atoms with Crippen LogP contribution in [0.4, 0.5) is 10.3 Å². The number of rotatable bonds is 6. The number of anilines is 1. The average Bonchev–Trinajstić information content (AvgIpc) is 3.49. The van der Waals surface area contributed by atoms with Crippen molar-refractivity contribution < 1.29 is 9.18 Å². The first-order valence-electron chi connectivity index (χ1n) is 10.9. The molecular formula is C23H24FN7OS. The number of alkyl halides is 1. The van der Waals surface area contributed by atoms with Gasteiger partial charge in [-0.3, -0.25) is 14.8 Å². The largest absolute Gasteiger partial charge is 0.301 e. The van der Waals surface area contributed by atoms with Gasteiger partial charge in [-0.25, -0.2) is 19.3 Å². The number of hydrogen-bond donors (Lipinski definition) is 1. The molecule has 1 N–H and O–H groups in total. The summed E-state index contributed by atoms with van der Waals surface area (Å²) in [6.07, 6.45) is 7.30. The number of nitrogens with one attached hydrogen (secondary N) is 1. The van der Waals surface area contributed by atoms with E-state index < -0.39 is 0 Å². The van der Waals surface area contributed by atoms with Crippen LogP contribution in [-0.2, 0) is 7.05 Å². The Hall–Kier alpha value is -3.24. The van der Waals surface area contributed by atoms with Crippen molar-refractivity contribution in [3.05, 3.63) is 52.9 Å². The number of carbonyl (C=O) groups is 1. The van der Waals surface area contributed by atoms with Gasteiger partial charge in [0.2, 0.25) is 5.95 Å². The molecule has 8 nitrogen and oxygen atoms in total. The Morgan fingerprint density at radius 2 is 2.06 bits per heavy atom. The number of benzene rings is 1. The Kier molecular flexibility index (Phi) is 6.10. The maximum Gasteiger partial charge on any atom is 0.277 e. The first-order valence-corrected chi connectivity index (χ1v) is 11.8. The smallest absolute Gasteiger partial charge is 0.277 e. The topological polar surface area (TPSA) is 88.8 Å². The molecule has 4 aromatic rings. The van der Waals surface area contributed by atoms with Crippen molar-refractivity contribution in [2.45, 2.75) is 18.8 Å². The number of halogens is 1. The van der Waals surface area contributed by atoms with Crippen molar-refractivity contribution in [1.29, 1.82) is 0 Å². The lowest BCUT2D eigenvalue weighted by Gasteiger charge is -2.30. The van der Waals surface area contributed by atoms with Gasteiger partial charge >= 0.3 is 0 Å². The second-order valence-corrected chi connectivity index (χ2v) is 9.09. The molecule has 0 unspecified atom stereocenters.